The number of hydrogen-bond donors (Lipinski definition) is 1. The van der Waals surface area contributed by atoms with Crippen LogP contribution in [0.4, 0.5) is 4.39 Å². The number of rotatable bonds is 1. The first kappa shape index (κ1) is 10.5. The zero-order valence-corrected chi connectivity index (χ0v) is 9.66. The van der Waals surface area contributed by atoms with E-state index >= 15 is 0 Å². The molecule has 3 rings (SSSR count). The van der Waals surface area contributed by atoms with Gasteiger partial charge >= 0.3 is 0 Å². The quantitative estimate of drug-likeness (QED) is 0.814. The van der Waals surface area contributed by atoms with Crippen molar-refractivity contribution in [2.24, 2.45) is 0 Å². The largest absolute Gasteiger partial charge is 0.464 e. The topological polar surface area (TPSA) is 25.2 Å². The van der Waals surface area contributed by atoms with Crippen molar-refractivity contribution in [3.8, 4) is 0 Å². The molecule has 0 saturated carbocycles. The molecule has 1 atom stereocenters. The van der Waals surface area contributed by atoms with Gasteiger partial charge in [-0.1, -0.05) is 6.08 Å². The Morgan fingerprint density at radius 2 is 2.29 bits per heavy atom. The minimum Gasteiger partial charge on any atom is -0.464 e. The molecule has 88 valence electrons. The maximum atomic E-state index is 13.5. The van der Waals surface area contributed by atoms with E-state index in [4.69, 9.17) is 4.42 Å². The summed E-state index contributed by atoms with van der Waals surface area (Å²) in [4.78, 5) is 0. The summed E-state index contributed by atoms with van der Waals surface area (Å²) in [6.45, 7) is 2.96. The van der Waals surface area contributed by atoms with Gasteiger partial charge in [0.1, 0.15) is 11.4 Å². The summed E-state index contributed by atoms with van der Waals surface area (Å²) < 4.78 is 19.0. The molecule has 0 spiro atoms. The lowest BCUT2D eigenvalue weighted by Gasteiger charge is -2.21. The van der Waals surface area contributed by atoms with Gasteiger partial charge in [-0.15, -0.1) is 0 Å². The molecule has 0 bridgehead atoms. The van der Waals surface area contributed by atoms with E-state index in [0.717, 1.165) is 35.1 Å². The Kier molecular flexibility index (Phi) is 2.48. The van der Waals surface area contributed by atoms with Gasteiger partial charge < -0.3 is 9.73 Å². The fourth-order valence-corrected chi connectivity index (χ4v) is 2.37. The van der Waals surface area contributed by atoms with Gasteiger partial charge in [0.25, 0.3) is 0 Å². The molecule has 1 aliphatic rings. The third-order valence-corrected chi connectivity index (χ3v) is 3.20. The normalized spacial score (nSPS) is 20.6. The summed E-state index contributed by atoms with van der Waals surface area (Å²) in [6, 6.07) is 5.29. The predicted octanol–water partition coefficient (Wildman–Crippen LogP) is 3.34. The van der Waals surface area contributed by atoms with Crippen molar-refractivity contribution < 1.29 is 8.81 Å². The van der Waals surface area contributed by atoms with Gasteiger partial charge in [-0.25, -0.2) is 4.39 Å². The van der Waals surface area contributed by atoms with Crippen LogP contribution in [0.25, 0.3) is 16.5 Å². The zero-order chi connectivity index (χ0) is 11.8. The maximum absolute atomic E-state index is 13.5. The summed E-state index contributed by atoms with van der Waals surface area (Å²) in [5.74, 6) is -0.207. The van der Waals surface area contributed by atoms with E-state index in [1.165, 1.54) is 6.07 Å². The van der Waals surface area contributed by atoms with Gasteiger partial charge in [0, 0.05) is 23.5 Å². The van der Waals surface area contributed by atoms with Crippen LogP contribution in [-0.4, -0.2) is 12.6 Å². The van der Waals surface area contributed by atoms with E-state index in [-0.39, 0.29) is 5.82 Å². The van der Waals surface area contributed by atoms with E-state index in [1.807, 2.05) is 0 Å². The third-order valence-electron chi connectivity index (χ3n) is 3.20. The number of fused-ring (bicyclic) bond motifs is 1. The monoisotopic (exact) mass is 231 g/mol. The Morgan fingerprint density at radius 1 is 1.41 bits per heavy atom. The predicted molar refractivity (Wildman–Crippen MR) is 66.2 cm³/mol. The first-order chi connectivity index (χ1) is 8.24. The van der Waals surface area contributed by atoms with Crippen molar-refractivity contribution in [3.05, 3.63) is 41.9 Å². The molecule has 0 saturated heterocycles. The van der Waals surface area contributed by atoms with Crippen molar-refractivity contribution in [3.63, 3.8) is 0 Å². The van der Waals surface area contributed by atoms with Crippen LogP contribution in [0.5, 0.6) is 0 Å². The van der Waals surface area contributed by atoms with Gasteiger partial charge in [0.15, 0.2) is 0 Å². The zero-order valence-electron chi connectivity index (χ0n) is 9.66. The molecular formula is C14H14FNO. The summed E-state index contributed by atoms with van der Waals surface area (Å²) in [5, 5.41) is 4.16. The van der Waals surface area contributed by atoms with Crippen molar-refractivity contribution >= 4 is 16.5 Å². The highest BCUT2D eigenvalue weighted by Crippen LogP contribution is 2.30. The summed E-state index contributed by atoms with van der Waals surface area (Å²) in [6.07, 6.45) is 4.62. The van der Waals surface area contributed by atoms with E-state index in [9.17, 15) is 4.39 Å². The molecule has 2 nitrogen and oxygen atoms in total. The number of hydrogen-bond acceptors (Lipinski definition) is 2. The number of halogens is 1. The van der Waals surface area contributed by atoms with Crippen LogP contribution in [0, 0.1) is 5.82 Å². The van der Waals surface area contributed by atoms with Crippen molar-refractivity contribution in [1.82, 2.24) is 5.32 Å². The number of furan rings is 1. The van der Waals surface area contributed by atoms with Crippen LogP contribution < -0.4 is 5.32 Å². The second kappa shape index (κ2) is 4.00. The summed E-state index contributed by atoms with van der Waals surface area (Å²) in [7, 11) is 0. The van der Waals surface area contributed by atoms with Crippen molar-refractivity contribution in [1.29, 1.82) is 0 Å². The number of benzene rings is 1. The second-order valence-electron chi connectivity index (χ2n) is 4.54. The summed E-state index contributed by atoms with van der Waals surface area (Å²) >= 11 is 0. The molecule has 0 aliphatic carbocycles. The molecule has 1 aromatic carbocycles. The molecule has 2 aromatic rings. The second-order valence-corrected chi connectivity index (χ2v) is 4.54. The lowest BCUT2D eigenvalue weighted by atomic mass is 9.95. The molecule has 1 aromatic heterocycles. The third kappa shape index (κ3) is 1.87. The van der Waals surface area contributed by atoms with Gasteiger partial charge in [-0.2, -0.15) is 0 Å². The minimum atomic E-state index is -0.207. The molecule has 1 aliphatic heterocycles. The van der Waals surface area contributed by atoms with Crippen LogP contribution in [0.1, 0.15) is 18.9 Å². The minimum absolute atomic E-state index is 0.207. The average molecular weight is 231 g/mol. The van der Waals surface area contributed by atoms with Crippen LogP contribution in [-0.2, 0) is 0 Å². The first-order valence-corrected chi connectivity index (χ1v) is 5.83. The van der Waals surface area contributed by atoms with E-state index in [1.54, 1.807) is 18.4 Å². The van der Waals surface area contributed by atoms with Gasteiger partial charge in [-0.3, -0.25) is 0 Å². The molecule has 1 unspecified atom stereocenters. The van der Waals surface area contributed by atoms with E-state index in [2.05, 4.69) is 18.3 Å². The highest BCUT2D eigenvalue weighted by atomic mass is 19.1. The first-order valence-electron chi connectivity index (χ1n) is 5.83. The molecular weight excluding hydrogens is 217 g/mol. The lowest BCUT2D eigenvalue weighted by molar-refractivity contribution is 0.576. The molecule has 0 amide bonds. The van der Waals surface area contributed by atoms with Crippen LogP contribution in [0.15, 0.2) is 35.0 Å². The summed E-state index contributed by atoms with van der Waals surface area (Å²) in [5.41, 5.74) is 2.83. The molecule has 0 fully saturated rings. The Bertz CT molecular complexity index is 585. The Hall–Kier alpha value is -1.61. The highest BCUT2D eigenvalue weighted by molar-refractivity contribution is 5.90. The Labute approximate surface area is 99.1 Å². The molecule has 1 N–H and O–H groups in total. The van der Waals surface area contributed by atoms with Gasteiger partial charge in [0.2, 0.25) is 0 Å². The molecule has 17 heavy (non-hydrogen) atoms. The van der Waals surface area contributed by atoms with E-state index < -0.39 is 0 Å². The maximum Gasteiger partial charge on any atom is 0.141 e. The van der Waals surface area contributed by atoms with Crippen LogP contribution >= 0.6 is 0 Å². The Balaban J connectivity index is 2.16. The highest BCUT2D eigenvalue weighted by Gasteiger charge is 2.16. The fourth-order valence-electron chi connectivity index (χ4n) is 2.37. The van der Waals surface area contributed by atoms with Crippen molar-refractivity contribution in [2.45, 2.75) is 19.4 Å². The lowest BCUT2D eigenvalue weighted by Crippen LogP contribution is -2.29. The average Bonchev–Trinajstić information content (AvgIpc) is 2.75. The molecule has 0 radical (unpaired) electrons. The number of nitrogens with one attached hydrogen (secondary N) is 1. The van der Waals surface area contributed by atoms with Crippen LogP contribution in [0.2, 0.25) is 0 Å². The Morgan fingerprint density at radius 3 is 3.12 bits per heavy atom. The molecule has 2 heterocycles. The van der Waals surface area contributed by atoms with Gasteiger partial charge in [0.05, 0.1) is 6.26 Å². The smallest absolute Gasteiger partial charge is 0.141 e. The van der Waals surface area contributed by atoms with Crippen molar-refractivity contribution in [2.75, 3.05) is 6.54 Å². The standard InChI is InChI=1S/C14H14FNO/c1-9-6-10(2-4-16-9)13-8-12(15)7-11-3-5-17-14(11)13/h2-3,5,7-9,16H,4,6H2,1H3. The van der Waals surface area contributed by atoms with Crippen LogP contribution in [0.3, 0.4) is 0 Å². The molecule has 3 heteroatoms. The van der Waals surface area contributed by atoms with E-state index in [0.29, 0.717) is 6.04 Å². The van der Waals surface area contributed by atoms with Gasteiger partial charge in [-0.05, 0) is 37.1 Å². The SMILES string of the molecule is CC1CC(c2cc(F)cc3ccoc23)=CCN1. The fraction of sp³-hybridized carbons (Fsp3) is 0.286.